The molecule has 0 heterocycles. The summed E-state index contributed by atoms with van der Waals surface area (Å²) in [5, 5.41) is 7.85. The Morgan fingerprint density at radius 3 is 2.38 bits per heavy atom. The minimum atomic E-state index is -2.57. The van der Waals surface area contributed by atoms with Crippen molar-refractivity contribution in [3.8, 4) is 0 Å². The van der Waals surface area contributed by atoms with Crippen LogP contribution in [0.5, 0.6) is 0 Å². The molecular formula is C18H19F2N3O2S. The fourth-order valence-corrected chi connectivity index (χ4v) is 2.71. The Labute approximate surface area is 154 Å². The van der Waals surface area contributed by atoms with Crippen LogP contribution in [0.1, 0.15) is 12.0 Å². The lowest BCUT2D eigenvalue weighted by atomic mass is 10.2. The zero-order chi connectivity index (χ0) is 18.8. The largest absolute Gasteiger partial charge is 0.338 e. The summed E-state index contributed by atoms with van der Waals surface area (Å²) in [7, 11) is 0. The highest BCUT2D eigenvalue weighted by molar-refractivity contribution is 7.99. The first-order valence-corrected chi connectivity index (χ1v) is 8.82. The molecule has 2 rings (SSSR count). The van der Waals surface area contributed by atoms with Gasteiger partial charge < -0.3 is 16.0 Å². The van der Waals surface area contributed by atoms with E-state index in [-0.39, 0.29) is 24.9 Å². The Balaban J connectivity index is 1.71. The van der Waals surface area contributed by atoms with E-state index in [1.807, 2.05) is 30.3 Å². The number of urea groups is 1. The van der Waals surface area contributed by atoms with Crippen LogP contribution in [0.15, 0.2) is 59.5 Å². The van der Waals surface area contributed by atoms with Gasteiger partial charge in [0.05, 0.1) is 5.69 Å². The predicted octanol–water partition coefficient (Wildman–Crippen LogP) is 3.83. The molecule has 0 spiro atoms. The molecule has 0 unspecified atom stereocenters. The van der Waals surface area contributed by atoms with Crippen LogP contribution in [0.2, 0.25) is 0 Å². The smallest absolute Gasteiger partial charge is 0.315 e. The first-order chi connectivity index (χ1) is 12.5. The molecule has 0 radical (unpaired) electrons. The van der Waals surface area contributed by atoms with Crippen molar-refractivity contribution >= 4 is 29.4 Å². The molecule has 0 aliphatic carbocycles. The van der Waals surface area contributed by atoms with Gasteiger partial charge in [-0.25, -0.2) is 4.79 Å². The number of hydrogen-bond acceptors (Lipinski definition) is 3. The van der Waals surface area contributed by atoms with Crippen LogP contribution in [0, 0.1) is 0 Å². The lowest BCUT2D eigenvalue weighted by molar-refractivity contribution is -0.116. The van der Waals surface area contributed by atoms with E-state index in [4.69, 9.17) is 0 Å². The molecule has 2 aromatic carbocycles. The molecule has 0 aromatic heterocycles. The quantitative estimate of drug-likeness (QED) is 0.611. The molecule has 26 heavy (non-hydrogen) atoms. The van der Waals surface area contributed by atoms with Crippen LogP contribution in [0.3, 0.4) is 0 Å². The number of para-hydroxylation sites is 1. The number of thioether (sulfide) groups is 1. The van der Waals surface area contributed by atoms with Crippen molar-refractivity contribution in [2.24, 2.45) is 0 Å². The first kappa shape index (κ1) is 19.7. The average Bonchev–Trinajstić information content (AvgIpc) is 2.62. The van der Waals surface area contributed by atoms with Crippen LogP contribution < -0.4 is 16.0 Å². The summed E-state index contributed by atoms with van der Waals surface area (Å²) in [5.41, 5.74) is 1.30. The predicted molar refractivity (Wildman–Crippen MR) is 98.2 cm³/mol. The number of rotatable bonds is 8. The summed E-state index contributed by atoms with van der Waals surface area (Å²) in [4.78, 5) is 23.9. The van der Waals surface area contributed by atoms with Gasteiger partial charge in [0.2, 0.25) is 5.91 Å². The SMILES string of the molecule is O=C(CCNC(=O)NCc1ccccc1)Nc1ccccc1SC(F)F. The van der Waals surface area contributed by atoms with Crippen LogP contribution >= 0.6 is 11.8 Å². The summed E-state index contributed by atoms with van der Waals surface area (Å²) in [5.74, 6) is -2.93. The average molecular weight is 379 g/mol. The van der Waals surface area contributed by atoms with E-state index in [0.29, 0.717) is 28.9 Å². The zero-order valence-electron chi connectivity index (χ0n) is 13.9. The number of halogens is 2. The summed E-state index contributed by atoms with van der Waals surface area (Å²) in [6.07, 6.45) is 0.0342. The number of hydrogen-bond donors (Lipinski definition) is 3. The van der Waals surface area contributed by atoms with E-state index in [2.05, 4.69) is 16.0 Å². The monoisotopic (exact) mass is 379 g/mol. The molecule has 0 aliphatic heterocycles. The topological polar surface area (TPSA) is 70.2 Å². The van der Waals surface area contributed by atoms with Gasteiger partial charge in [0.1, 0.15) is 0 Å². The van der Waals surface area contributed by atoms with E-state index < -0.39 is 5.76 Å². The molecule has 0 atom stereocenters. The van der Waals surface area contributed by atoms with Gasteiger partial charge in [-0.05, 0) is 17.7 Å². The number of alkyl halides is 2. The molecule has 0 saturated heterocycles. The molecule has 5 nitrogen and oxygen atoms in total. The molecule has 3 N–H and O–H groups in total. The van der Waals surface area contributed by atoms with E-state index in [9.17, 15) is 18.4 Å². The highest BCUT2D eigenvalue weighted by Crippen LogP contribution is 2.31. The van der Waals surface area contributed by atoms with Crippen molar-refractivity contribution in [3.63, 3.8) is 0 Å². The maximum atomic E-state index is 12.5. The lowest BCUT2D eigenvalue weighted by Crippen LogP contribution is -2.36. The summed E-state index contributed by atoms with van der Waals surface area (Å²) in [6.45, 7) is 0.522. The highest BCUT2D eigenvalue weighted by Gasteiger charge is 2.12. The molecule has 0 bridgehead atoms. The Morgan fingerprint density at radius 1 is 0.962 bits per heavy atom. The Morgan fingerprint density at radius 2 is 1.65 bits per heavy atom. The fourth-order valence-electron chi connectivity index (χ4n) is 2.11. The minimum Gasteiger partial charge on any atom is -0.338 e. The number of benzene rings is 2. The second-order valence-corrected chi connectivity index (χ2v) is 6.30. The Bertz CT molecular complexity index is 729. The summed E-state index contributed by atoms with van der Waals surface area (Å²) >= 11 is 0.372. The van der Waals surface area contributed by atoms with Crippen molar-refractivity contribution in [2.45, 2.75) is 23.6 Å². The van der Waals surface area contributed by atoms with Crippen molar-refractivity contribution < 1.29 is 18.4 Å². The molecule has 0 aliphatic rings. The lowest BCUT2D eigenvalue weighted by Gasteiger charge is -2.11. The van der Waals surface area contributed by atoms with E-state index >= 15 is 0 Å². The molecule has 8 heteroatoms. The maximum Gasteiger partial charge on any atom is 0.315 e. The number of anilines is 1. The van der Waals surface area contributed by atoms with Crippen LogP contribution in [-0.2, 0) is 11.3 Å². The van der Waals surface area contributed by atoms with E-state index in [1.165, 1.54) is 6.07 Å². The third-order valence-electron chi connectivity index (χ3n) is 3.31. The normalized spacial score (nSPS) is 10.4. The van der Waals surface area contributed by atoms with Crippen LogP contribution in [0.25, 0.3) is 0 Å². The van der Waals surface area contributed by atoms with Crippen molar-refractivity contribution in [3.05, 3.63) is 60.2 Å². The summed E-state index contributed by atoms with van der Waals surface area (Å²) < 4.78 is 25.0. The van der Waals surface area contributed by atoms with E-state index in [1.54, 1.807) is 18.2 Å². The second kappa shape index (κ2) is 10.4. The van der Waals surface area contributed by atoms with Gasteiger partial charge >= 0.3 is 6.03 Å². The number of amides is 3. The first-order valence-electron chi connectivity index (χ1n) is 7.94. The van der Waals surface area contributed by atoms with Gasteiger partial charge in [-0.15, -0.1) is 0 Å². The second-order valence-electron chi connectivity index (χ2n) is 5.27. The minimum absolute atomic E-state index is 0.0342. The zero-order valence-corrected chi connectivity index (χ0v) is 14.7. The molecular weight excluding hydrogens is 360 g/mol. The van der Waals surface area contributed by atoms with Gasteiger partial charge in [-0.1, -0.05) is 54.2 Å². The van der Waals surface area contributed by atoms with Gasteiger partial charge in [-0.2, -0.15) is 8.78 Å². The Kier molecular flexibility index (Phi) is 7.88. The standard InChI is InChI=1S/C18H19F2N3O2S/c19-17(20)26-15-9-5-4-8-14(15)23-16(24)10-11-21-18(25)22-12-13-6-2-1-3-7-13/h1-9,17H,10-12H2,(H,23,24)(H2,21,22,25). The maximum absolute atomic E-state index is 12.5. The molecule has 3 amide bonds. The molecule has 0 fully saturated rings. The molecule has 138 valence electrons. The third-order valence-corrected chi connectivity index (χ3v) is 4.10. The van der Waals surface area contributed by atoms with Gasteiger partial charge in [0.15, 0.2) is 0 Å². The summed E-state index contributed by atoms with van der Waals surface area (Å²) in [6, 6.07) is 15.4. The van der Waals surface area contributed by atoms with Crippen molar-refractivity contribution in [1.29, 1.82) is 0 Å². The van der Waals surface area contributed by atoms with E-state index in [0.717, 1.165) is 5.56 Å². The molecule has 0 saturated carbocycles. The highest BCUT2D eigenvalue weighted by atomic mass is 32.2. The molecule has 2 aromatic rings. The van der Waals surface area contributed by atoms with Gasteiger partial charge in [0, 0.05) is 24.4 Å². The Hall–Kier alpha value is -2.61. The van der Waals surface area contributed by atoms with Gasteiger partial charge in [0.25, 0.3) is 5.76 Å². The van der Waals surface area contributed by atoms with Gasteiger partial charge in [-0.3, -0.25) is 4.79 Å². The number of carbonyl (C=O) groups excluding carboxylic acids is 2. The number of carbonyl (C=O) groups is 2. The van der Waals surface area contributed by atoms with Crippen LogP contribution in [0.4, 0.5) is 19.3 Å². The van der Waals surface area contributed by atoms with Crippen LogP contribution in [-0.4, -0.2) is 24.2 Å². The third kappa shape index (κ3) is 7.10. The number of nitrogens with one attached hydrogen (secondary N) is 3. The van der Waals surface area contributed by atoms with Crippen molar-refractivity contribution in [2.75, 3.05) is 11.9 Å². The van der Waals surface area contributed by atoms with Crippen molar-refractivity contribution in [1.82, 2.24) is 10.6 Å². The fraction of sp³-hybridized carbons (Fsp3) is 0.222.